The molecule has 2 aromatic heterocycles. The molecule has 148 valence electrons. The summed E-state index contributed by atoms with van der Waals surface area (Å²) in [6.45, 7) is 0.179. The highest BCUT2D eigenvalue weighted by Gasteiger charge is 2.16. The van der Waals surface area contributed by atoms with Gasteiger partial charge in [-0.15, -0.1) is 11.3 Å². The van der Waals surface area contributed by atoms with E-state index in [4.69, 9.17) is 9.47 Å². The zero-order valence-corrected chi connectivity index (χ0v) is 16.5. The van der Waals surface area contributed by atoms with E-state index in [-0.39, 0.29) is 12.7 Å². The predicted octanol–water partition coefficient (Wildman–Crippen LogP) is 4.93. The molecule has 3 heterocycles. The number of hydrogen-bond acceptors (Lipinski definition) is 7. The number of rotatable bonds is 5. The van der Waals surface area contributed by atoms with Crippen molar-refractivity contribution in [2.75, 3.05) is 17.4 Å². The number of fused-ring (bicyclic) bond motifs is 1. The molecule has 7 nitrogen and oxygen atoms in total. The minimum atomic E-state index is -0.210. The van der Waals surface area contributed by atoms with Crippen molar-refractivity contribution in [3.05, 3.63) is 77.9 Å². The molecule has 5 rings (SSSR count). The Balaban J connectivity index is 1.26. The first kappa shape index (κ1) is 18.1. The molecule has 4 aromatic rings. The average Bonchev–Trinajstić information content (AvgIpc) is 3.44. The number of pyridine rings is 1. The largest absolute Gasteiger partial charge is 0.454 e. The number of aromatic nitrogens is 2. The molecule has 8 heteroatoms. The second kappa shape index (κ2) is 7.84. The van der Waals surface area contributed by atoms with Crippen LogP contribution >= 0.6 is 11.3 Å². The van der Waals surface area contributed by atoms with Gasteiger partial charge in [-0.2, -0.15) is 0 Å². The first-order chi connectivity index (χ1) is 14.7. The molecule has 1 amide bonds. The van der Waals surface area contributed by atoms with Gasteiger partial charge in [0.1, 0.15) is 0 Å². The van der Waals surface area contributed by atoms with Crippen molar-refractivity contribution in [2.24, 2.45) is 0 Å². The Morgan fingerprint density at radius 1 is 1.00 bits per heavy atom. The normalized spacial score (nSPS) is 11.9. The fraction of sp³-hybridized carbons (Fsp3) is 0.0455. The third kappa shape index (κ3) is 3.81. The molecule has 0 saturated heterocycles. The Morgan fingerprint density at radius 3 is 2.70 bits per heavy atom. The summed E-state index contributed by atoms with van der Waals surface area (Å²) in [6.07, 6.45) is 3.48. The minimum absolute atomic E-state index is 0.179. The van der Waals surface area contributed by atoms with Gasteiger partial charge in [0.2, 0.25) is 6.79 Å². The maximum atomic E-state index is 12.5. The quantitative estimate of drug-likeness (QED) is 0.480. The number of carbonyl (C=O) groups is 1. The van der Waals surface area contributed by atoms with Crippen LogP contribution in [-0.4, -0.2) is 22.7 Å². The van der Waals surface area contributed by atoms with Crippen molar-refractivity contribution >= 4 is 33.8 Å². The Labute approximate surface area is 176 Å². The molecular weight excluding hydrogens is 400 g/mol. The molecule has 1 aliphatic heterocycles. The van der Waals surface area contributed by atoms with Crippen LogP contribution in [0.4, 0.5) is 16.5 Å². The van der Waals surface area contributed by atoms with Gasteiger partial charge in [-0.3, -0.25) is 9.78 Å². The molecule has 0 unspecified atom stereocenters. The lowest BCUT2D eigenvalue weighted by molar-refractivity contribution is 0.102. The van der Waals surface area contributed by atoms with Gasteiger partial charge in [0, 0.05) is 28.4 Å². The first-order valence-electron chi connectivity index (χ1n) is 9.19. The van der Waals surface area contributed by atoms with Crippen LogP contribution in [0.15, 0.2) is 72.4 Å². The SMILES string of the molecule is O=C(Nc1ccc(-c2csc(Nc3cccnc3)n2)cc1)c1ccc2c(c1)OCO2. The van der Waals surface area contributed by atoms with Gasteiger partial charge in [-0.1, -0.05) is 12.1 Å². The monoisotopic (exact) mass is 416 g/mol. The third-order valence-corrected chi connectivity index (χ3v) is 5.25. The number of thiazole rings is 1. The topological polar surface area (TPSA) is 85.4 Å². The molecule has 30 heavy (non-hydrogen) atoms. The van der Waals surface area contributed by atoms with Crippen LogP contribution in [0.5, 0.6) is 11.5 Å². The van der Waals surface area contributed by atoms with E-state index in [0.717, 1.165) is 22.1 Å². The summed E-state index contributed by atoms with van der Waals surface area (Å²) in [5.41, 5.74) is 3.92. The van der Waals surface area contributed by atoms with E-state index in [0.29, 0.717) is 22.7 Å². The Morgan fingerprint density at radius 2 is 1.87 bits per heavy atom. The lowest BCUT2D eigenvalue weighted by Gasteiger charge is -2.07. The molecule has 2 aromatic carbocycles. The molecular formula is C22H16N4O3S. The minimum Gasteiger partial charge on any atom is -0.454 e. The number of hydrogen-bond donors (Lipinski definition) is 2. The summed E-state index contributed by atoms with van der Waals surface area (Å²) >= 11 is 1.52. The molecule has 2 N–H and O–H groups in total. The van der Waals surface area contributed by atoms with Gasteiger partial charge in [0.25, 0.3) is 5.91 Å². The van der Waals surface area contributed by atoms with E-state index in [1.165, 1.54) is 11.3 Å². The Hall–Kier alpha value is -3.91. The molecule has 0 atom stereocenters. The summed E-state index contributed by atoms with van der Waals surface area (Å²) in [5.74, 6) is 1.02. The summed E-state index contributed by atoms with van der Waals surface area (Å²) in [7, 11) is 0. The lowest BCUT2D eigenvalue weighted by atomic mass is 10.1. The number of carbonyl (C=O) groups excluding carboxylic acids is 1. The molecule has 0 saturated carbocycles. The number of amides is 1. The molecule has 0 bridgehead atoms. The van der Waals surface area contributed by atoms with E-state index < -0.39 is 0 Å². The molecule has 0 spiro atoms. The number of benzene rings is 2. The smallest absolute Gasteiger partial charge is 0.255 e. The zero-order chi connectivity index (χ0) is 20.3. The number of anilines is 3. The first-order valence-corrected chi connectivity index (χ1v) is 10.1. The molecule has 1 aliphatic rings. The van der Waals surface area contributed by atoms with Gasteiger partial charge in [-0.25, -0.2) is 4.98 Å². The summed E-state index contributed by atoms with van der Waals surface area (Å²) in [6, 6.07) is 16.5. The van der Waals surface area contributed by atoms with Crippen molar-refractivity contribution in [2.45, 2.75) is 0 Å². The van der Waals surface area contributed by atoms with Crippen molar-refractivity contribution in [1.29, 1.82) is 0 Å². The predicted molar refractivity (Wildman–Crippen MR) is 116 cm³/mol. The van der Waals surface area contributed by atoms with Gasteiger partial charge in [0.05, 0.1) is 17.6 Å². The van der Waals surface area contributed by atoms with Crippen molar-refractivity contribution < 1.29 is 14.3 Å². The number of nitrogens with zero attached hydrogens (tertiary/aromatic N) is 2. The van der Waals surface area contributed by atoms with E-state index in [1.807, 2.05) is 41.8 Å². The number of nitrogens with one attached hydrogen (secondary N) is 2. The molecule has 0 radical (unpaired) electrons. The van der Waals surface area contributed by atoms with Crippen LogP contribution < -0.4 is 20.1 Å². The summed E-state index contributed by atoms with van der Waals surface area (Å²) in [4.78, 5) is 21.2. The molecule has 0 fully saturated rings. The highest BCUT2D eigenvalue weighted by molar-refractivity contribution is 7.14. The summed E-state index contributed by atoms with van der Waals surface area (Å²) in [5, 5.41) is 8.90. The van der Waals surface area contributed by atoms with Crippen LogP contribution in [0.25, 0.3) is 11.3 Å². The standard InChI is InChI=1S/C22H16N4O3S/c27-21(15-5-8-19-20(10-15)29-13-28-19)24-16-6-3-14(4-7-16)18-12-30-22(26-18)25-17-2-1-9-23-11-17/h1-12H,13H2,(H,24,27)(H,25,26). The second-order valence-electron chi connectivity index (χ2n) is 6.50. The van der Waals surface area contributed by atoms with Crippen molar-refractivity contribution in [3.63, 3.8) is 0 Å². The Bertz CT molecular complexity index is 1190. The van der Waals surface area contributed by atoms with Crippen LogP contribution in [-0.2, 0) is 0 Å². The Kier molecular flexibility index (Phi) is 4.74. The van der Waals surface area contributed by atoms with Crippen LogP contribution in [0.2, 0.25) is 0 Å². The van der Waals surface area contributed by atoms with Crippen molar-refractivity contribution in [3.8, 4) is 22.8 Å². The fourth-order valence-corrected chi connectivity index (χ4v) is 3.73. The second-order valence-corrected chi connectivity index (χ2v) is 7.36. The van der Waals surface area contributed by atoms with Crippen LogP contribution in [0, 0.1) is 0 Å². The average molecular weight is 416 g/mol. The van der Waals surface area contributed by atoms with Gasteiger partial charge in [-0.05, 0) is 42.5 Å². The van der Waals surface area contributed by atoms with Crippen LogP contribution in [0.3, 0.4) is 0 Å². The van der Waals surface area contributed by atoms with Gasteiger partial charge >= 0.3 is 0 Å². The van der Waals surface area contributed by atoms with E-state index in [2.05, 4.69) is 20.6 Å². The fourth-order valence-electron chi connectivity index (χ4n) is 2.99. The highest BCUT2D eigenvalue weighted by Crippen LogP contribution is 2.33. The highest BCUT2D eigenvalue weighted by atomic mass is 32.1. The maximum absolute atomic E-state index is 12.5. The van der Waals surface area contributed by atoms with Crippen LogP contribution in [0.1, 0.15) is 10.4 Å². The summed E-state index contributed by atoms with van der Waals surface area (Å²) < 4.78 is 10.6. The van der Waals surface area contributed by atoms with Gasteiger partial charge in [0.15, 0.2) is 16.6 Å². The van der Waals surface area contributed by atoms with Crippen molar-refractivity contribution in [1.82, 2.24) is 9.97 Å². The lowest BCUT2D eigenvalue weighted by Crippen LogP contribution is -2.11. The van der Waals surface area contributed by atoms with E-state index in [9.17, 15) is 4.79 Å². The number of ether oxygens (including phenoxy) is 2. The third-order valence-electron chi connectivity index (χ3n) is 4.49. The van der Waals surface area contributed by atoms with E-state index in [1.54, 1.807) is 30.6 Å². The molecule has 0 aliphatic carbocycles. The zero-order valence-electron chi connectivity index (χ0n) is 15.7. The van der Waals surface area contributed by atoms with Gasteiger partial charge < -0.3 is 20.1 Å². The van der Waals surface area contributed by atoms with E-state index >= 15 is 0 Å². The maximum Gasteiger partial charge on any atom is 0.255 e.